The Labute approximate surface area is 172 Å². The second-order valence-electron chi connectivity index (χ2n) is 6.69. The van der Waals surface area contributed by atoms with Crippen LogP contribution in [0, 0.1) is 0 Å². The van der Waals surface area contributed by atoms with Gasteiger partial charge >= 0.3 is 11.9 Å². The van der Waals surface area contributed by atoms with E-state index in [4.69, 9.17) is 20.8 Å². The maximum atomic E-state index is 12.8. The largest absolute Gasteiger partial charge is 0.480 e. The van der Waals surface area contributed by atoms with Gasteiger partial charge in [-0.3, -0.25) is 9.59 Å². The molecular formula is C15H17N5O7S2. The average Bonchev–Trinajstić information content (AvgIpc) is 3.24. The smallest absolute Gasteiger partial charge is 0.350 e. The number of amides is 2. The molecule has 0 spiro atoms. The van der Waals surface area contributed by atoms with Crippen LogP contribution in [-0.2, 0) is 24.0 Å². The molecule has 0 saturated carbocycles. The van der Waals surface area contributed by atoms with Gasteiger partial charge in [-0.05, 0) is 13.8 Å². The normalized spacial score (nSPS) is 23.9. The highest BCUT2D eigenvalue weighted by Crippen LogP contribution is 2.39. The van der Waals surface area contributed by atoms with Crippen molar-refractivity contribution in [2.45, 2.75) is 36.9 Å². The number of carboxylic acid groups (broad SMARTS) is 2. The van der Waals surface area contributed by atoms with E-state index in [1.54, 1.807) is 0 Å². The summed E-state index contributed by atoms with van der Waals surface area (Å²) in [5.74, 6) is -3.54. The fourth-order valence-electron chi connectivity index (χ4n) is 2.60. The first-order chi connectivity index (χ1) is 13.5. The zero-order valence-electron chi connectivity index (χ0n) is 15.2. The van der Waals surface area contributed by atoms with Crippen molar-refractivity contribution in [2.24, 2.45) is 5.16 Å². The number of carboxylic acids is 2. The number of thioether (sulfide) groups is 1. The number of thiazole rings is 1. The number of carbonyl (C=O) groups excluding carboxylic acids is 2. The van der Waals surface area contributed by atoms with E-state index in [-0.39, 0.29) is 22.3 Å². The van der Waals surface area contributed by atoms with Crippen LogP contribution in [-0.4, -0.2) is 78.4 Å². The lowest BCUT2D eigenvalue weighted by Crippen LogP contribution is -2.70. The van der Waals surface area contributed by atoms with Gasteiger partial charge in [0.25, 0.3) is 5.91 Å². The summed E-state index contributed by atoms with van der Waals surface area (Å²) in [6.45, 7) is 2.50. The number of aromatic nitrogens is 1. The first-order valence-electron chi connectivity index (χ1n) is 8.21. The highest BCUT2D eigenvalue weighted by Gasteiger charge is 2.57. The lowest BCUT2D eigenvalue weighted by Gasteiger charge is -2.43. The first-order valence-corrected chi connectivity index (χ1v) is 10.1. The van der Waals surface area contributed by atoms with Crippen molar-refractivity contribution in [2.75, 3.05) is 11.5 Å². The van der Waals surface area contributed by atoms with Gasteiger partial charge in [0.05, 0.1) is 0 Å². The van der Waals surface area contributed by atoms with Gasteiger partial charge in [-0.1, -0.05) is 5.16 Å². The van der Waals surface area contributed by atoms with Gasteiger partial charge in [-0.25, -0.2) is 14.6 Å². The van der Waals surface area contributed by atoms with Gasteiger partial charge in [-0.2, -0.15) is 0 Å². The summed E-state index contributed by atoms with van der Waals surface area (Å²) in [5, 5.41) is 25.5. The molecule has 3 atom stereocenters. The molecule has 1 unspecified atom stereocenters. The maximum Gasteiger partial charge on any atom is 0.350 e. The van der Waals surface area contributed by atoms with E-state index in [9.17, 15) is 19.2 Å². The van der Waals surface area contributed by atoms with Crippen molar-refractivity contribution in [3.63, 3.8) is 0 Å². The number of anilines is 1. The fourth-order valence-corrected chi connectivity index (χ4v) is 4.62. The van der Waals surface area contributed by atoms with Crippen molar-refractivity contribution in [1.29, 1.82) is 0 Å². The molecule has 2 fully saturated rings. The third kappa shape index (κ3) is 3.85. The van der Waals surface area contributed by atoms with Crippen molar-refractivity contribution < 1.29 is 34.2 Å². The summed E-state index contributed by atoms with van der Waals surface area (Å²) in [4.78, 5) is 57.6. The number of hydrogen-bond donors (Lipinski definition) is 4. The topological polar surface area (TPSA) is 185 Å². The molecule has 0 aliphatic carbocycles. The number of β-lactam (4-membered cyclic amide) rings is 1. The van der Waals surface area contributed by atoms with Crippen LogP contribution in [0.25, 0.3) is 0 Å². The van der Waals surface area contributed by atoms with Crippen LogP contribution >= 0.6 is 23.1 Å². The maximum absolute atomic E-state index is 12.8. The van der Waals surface area contributed by atoms with Crippen molar-refractivity contribution in [3.05, 3.63) is 11.1 Å². The number of aliphatic carboxylic acids is 2. The molecule has 5 N–H and O–H groups in total. The van der Waals surface area contributed by atoms with Crippen molar-refractivity contribution in [1.82, 2.24) is 15.2 Å². The third-order valence-electron chi connectivity index (χ3n) is 4.27. The summed E-state index contributed by atoms with van der Waals surface area (Å²) < 4.78 is 0. The van der Waals surface area contributed by atoms with Gasteiger partial charge in [0.2, 0.25) is 11.5 Å². The summed E-state index contributed by atoms with van der Waals surface area (Å²) in [7, 11) is 0. The lowest BCUT2D eigenvalue weighted by atomic mass is 10.0. The van der Waals surface area contributed by atoms with Crippen molar-refractivity contribution >= 4 is 57.7 Å². The SMILES string of the molecule is CC(C)(O/N=C(\C(=O)NC1C(=O)N2[C@@H]1SC[C@H]2C(=O)O)c1csc(N)n1)C(=O)O. The minimum Gasteiger partial charge on any atom is -0.480 e. The third-order valence-corrected chi connectivity index (χ3v) is 6.29. The predicted molar refractivity (Wildman–Crippen MR) is 102 cm³/mol. The molecule has 14 heteroatoms. The lowest BCUT2D eigenvalue weighted by molar-refractivity contribution is -0.161. The summed E-state index contributed by atoms with van der Waals surface area (Å²) in [5.41, 5.74) is 3.57. The Bertz CT molecular complexity index is 915. The number of fused-ring (bicyclic) bond motifs is 1. The number of rotatable bonds is 7. The van der Waals surface area contributed by atoms with Gasteiger partial charge in [0.1, 0.15) is 23.2 Å². The quantitative estimate of drug-likeness (QED) is 0.235. The number of nitrogens with one attached hydrogen (secondary N) is 1. The standard InChI is InChI=1S/C15H17N5O7S2/c1-15(2,13(25)26)27-19-7(5-3-29-14(16)17-5)9(21)18-8-10(22)20-6(12(23)24)4-28-11(8)20/h3,6,8,11H,4H2,1-2H3,(H2,16,17)(H,18,21)(H,23,24)(H,25,26)/b19-7-/t6-,8?,11+/m0/s1. The Balaban J connectivity index is 1.79. The second-order valence-corrected chi connectivity index (χ2v) is 8.73. The van der Waals surface area contributed by atoms with Crippen LogP contribution in [0.3, 0.4) is 0 Å². The number of oxime groups is 1. The van der Waals surface area contributed by atoms with Crippen LogP contribution in [0.5, 0.6) is 0 Å². The van der Waals surface area contributed by atoms with Crippen LogP contribution in [0.4, 0.5) is 5.13 Å². The Kier molecular flexibility index (Phi) is 5.40. The van der Waals surface area contributed by atoms with E-state index < -0.39 is 46.8 Å². The van der Waals surface area contributed by atoms with Gasteiger partial charge in [0, 0.05) is 11.1 Å². The van der Waals surface area contributed by atoms with E-state index in [0.29, 0.717) is 0 Å². The second kappa shape index (κ2) is 7.51. The van der Waals surface area contributed by atoms with E-state index in [2.05, 4.69) is 15.5 Å². The molecular weight excluding hydrogens is 426 g/mol. The molecule has 12 nitrogen and oxygen atoms in total. The summed E-state index contributed by atoms with van der Waals surface area (Å²) >= 11 is 2.28. The molecule has 0 bridgehead atoms. The van der Waals surface area contributed by atoms with E-state index in [1.165, 1.54) is 35.9 Å². The monoisotopic (exact) mass is 443 g/mol. The zero-order valence-corrected chi connectivity index (χ0v) is 16.8. The molecule has 0 radical (unpaired) electrons. The number of nitrogens with zero attached hydrogens (tertiary/aromatic N) is 3. The summed E-state index contributed by atoms with van der Waals surface area (Å²) in [6, 6.07) is -1.87. The Hall–Kier alpha value is -2.87. The number of nitrogen functional groups attached to an aromatic ring is 1. The Morgan fingerprint density at radius 3 is 2.66 bits per heavy atom. The number of hydrogen-bond acceptors (Lipinski definition) is 10. The molecule has 3 rings (SSSR count). The fraction of sp³-hybridized carbons (Fsp3) is 0.467. The molecule has 2 saturated heterocycles. The van der Waals surface area contributed by atoms with E-state index in [0.717, 1.165) is 11.3 Å². The Morgan fingerprint density at radius 2 is 2.10 bits per heavy atom. The van der Waals surface area contributed by atoms with Crippen LogP contribution in [0.1, 0.15) is 19.5 Å². The molecule has 2 amide bonds. The summed E-state index contributed by atoms with van der Waals surface area (Å²) in [6.07, 6.45) is 0. The van der Waals surface area contributed by atoms with E-state index in [1.807, 2.05) is 0 Å². The van der Waals surface area contributed by atoms with Gasteiger partial charge in [0.15, 0.2) is 10.8 Å². The highest BCUT2D eigenvalue weighted by molar-refractivity contribution is 8.00. The molecule has 1 aromatic rings. The first kappa shape index (κ1) is 20.9. The van der Waals surface area contributed by atoms with E-state index >= 15 is 0 Å². The van der Waals surface area contributed by atoms with Crippen LogP contribution < -0.4 is 11.1 Å². The molecule has 3 heterocycles. The molecule has 156 valence electrons. The molecule has 2 aliphatic heterocycles. The van der Waals surface area contributed by atoms with Gasteiger partial charge < -0.3 is 31.0 Å². The number of carbonyl (C=O) groups is 4. The average molecular weight is 443 g/mol. The predicted octanol–water partition coefficient (Wildman–Crippen LogP) is -0.838. The molecule has 0 aromatic carbocycles. The number of nitrogens with two attached hydrogens (primary N) is 1. The minimum atomic E-state index is -1.72. The Morgan fingerprint density at radius 1 is 1.41 bits per heavy atom. The highest BCUT2D eigenvalue weighted by atomic mass is 32.2. The van der Waals surface area contributed by atoms with Gasteiger partial charge in [-0.15, -0.1) is 23.1 Å². The minimum absolute atomic E-state index is 0.0531. The molecule has 2 aliphatic rings. The van der Waals surface area contributed by atoms with Crippen LogP contribution in [0.2, 0.25) is 0 Å². The van der Waals surface area contributed by atoms with Crippen LogP contribution in [0.15, 0.2) is 10.5 Å². The zero-order chi connectivity index (χ0) is 21.5. The molecule has 29 heavy (non-hydrogen) atoms. The molecule has 1 aromatic heterocycles. The van der Waals surface area contributed by atoms with Crippen molar-refractivity contribution in [3.8, 4) is 0 Å².